The molecule has 3 rings (SSSR count). The van der Waals surface area contributed by atoms with Gasteiger partial charge in [-0.1, -0.05) is 30.3 Å². The third-order valence-corrected chi connectivity index (χ3v) is 4.44. The first-order valence-corrected chi connectivity index (χ1v) is 8.16. The molecule has 2 aromatic carbocycles. The molecule has 0 spiro atoms. The lowest BCUT2D eigenvalue weighted by Gasteiger charge is -2.36. The van der Waals surface area contributed by atoms with Gasteiger partial charge in [-0.05, 0) is 12.1 Å². The highest BCUT2D eigenvalue weighted by molar-refractivity contribution is 5.51. The van der Waals surface area contributed by atoms with E-state index in [9.17, 15) is 4.39 Å². The zero-order valence-electron chi connectivity index (χ0n) is 14.1. The van der Waals surface area contributed by atoms with Gasteiger partial charge in [0.25, 0.3) is 0 Å². The van der Waals surface area contributed by atoms with Crippen LogP contribution in [0.25, 0.3) is 0 Å². The first-order valence-electron chi connectivity index (χ1n) is 8.16. The minimum atomic E-state index is -0.210. The van der Waals surface area contributed by atoms with E-state index in [1.54, 1.807) is 20.3 Å². The van der Waals surface area contributed by atoms with E-state index in [-0.39, 0.29) is 11.9 Å². The van der Waals surface area contributed by atoms with E-state index in [2.05, 4.69) is 10.2 Å². The molecule has 1 heterocycles. The molecule has 1 atom stereocenters. The Kier molecular flexibility index (Phi) is 5.33. The zero-order chi connectivity index (χ0) is 16.9. The predicted molar refractivity (Wildman–Crippen MR) is 92.2 cm³/mol. The summed E-state index contributed by atoms with van der Waals surface area (Å²) in [4.78, 5) is 2.28. The summed E-state index contributed by atoms with van der Waals surface area (Å²) in [6.07, 6.45) is 0. The van der Waals surface area contributed by atoms with Crippen molar-refractivity contribution in [1.29, 1.82) is 0 Å². The van der Waals surface area contributed by atoms with Crippen molar-refractivity contribution < 1.29 is 13.9 Å². The fraction of sp³-hybridized carbons (Fsp3) is 0.368. The number of nitrogens with one attached hydrogen (secondary N) is 1. The van der Waals surface area contributed by atoms with Gasteiger partial charge in [0, 0.05) is 37.3 Å². The van der Waals surface area contributed by atoms with Gasteiger partial charge in [0.05, 0.1) is 20.3 Å². The van der Waals surface area contributed by atoms with Gasteiger partial charge >= 0.3 is 0 Å². The molecule has 128 valence electrons. The fourth-order valence-electron chi connectivity index (χ4n) is 3.33. The molecule has 1 N–H and O–H groups in total. The molecule has 1 aliphatic rings. The van der Waals surface area contributed by atoms with Crippen LogP contribution in [0.3, 0.4) is 0 Å². The molecule has 0 aromatic heterocycles. The first-order chi connectivity index (χ1) is 11.8. The summed E-state index contributed by atoms with van der Waals surface area (Å²) in [6.45, 7) is 3.47. The van der Waals surface area contributed by atoms with E-state index in [0.29, 0.717) is 17.1 Å². The topological polar surface area (TPSA) is 33.7 Å². The minimum Gasteiger partial charge on any atom is -0.493 e. The van der Waals surface area contributed by atoms with Gasteiger partial charge < -0.3 is 14.8 Å². The van der Waals surface area contributed by atoms with Gasteiger partial charge in [0.1, 0.15) is 5.82 Å². The van der Waals surface area contributed by atoms with E-state index in [0.717, 1.165) is 31.7 Å². The van der Waals surface area contributed by atoms with Crippen LogP contribution >= 0.6 is 0 Å². The standard InChI is InChI=1S/C19H23FN2O2/c1-23-17-9-5-7-15(19(17)24-2)18(22-12-10-21-11-13-22)14-6-3-4-8-16(14)20/h3-9,18,21H,10-13H2,1-2H3. The lowest BCUT2D eigenvalue weighted by atomic mass is 9.94. The Labute approximate surface area is 142 Å². The number of para-hydroxylation sites is 1. The van der Waals surface area contributed by atoms with Crippen molar-refractivity contribution in [3.8, 4) is 11.5 Å². The largest absolute Gasteiger partial charge is 0.493 e. The maximum absolute atomic E-state index is 14.6. The molecule has 1 aliphatic heterocycles. The van der Waals surface area contributed by atoms with Crippen LogP contribution in [0.5, 0.6) is 11.5 Å². The number of hydrogen-bond donors (Lipinski definition) is 1. The summed E-state index contributed by atoms with van der Waals surface area (Å²) in [5, 5.41) is 3.35. The van der Waals surface area contributed by atoms with Gasteiger partial charge in [-0.25, -0.2) is 4.39 Å². The Morgan fingerprint density at radius 2 is 1.67 bits per heavy atom. The molecule has 1 fully saturated rings. The number of hydrogen-bond acceptors (Lipinski definition) is 4. The fourth-order valence-corrected chi connectivity index (χ4v) is 3.33. The van der Waals surface area contributed by atoms with Gasteiger partial charge in [0.2, 0.25) is 0 Å². The summed E-state index contributed by atoms with van der Waals surface area (Å²) in [7, 11) is 3.24. The maximum atomic E-state index is 14.6. The molecule has 0 bridgehead atoms. The van der Waals surface area contributed by atoms with Crippen LogP contribution in [0.2, 0.25) is 0 Å². The van der Waals surface area contributed by atoms with Crippen molar-refractivity contribution in [3.05, 3.63) is 59.4 Å². The third-order valence-electron chi connectivity index (χ3n) is 4.44. The zero-order valence-corrected chi connectivity index (χ0v) is 14.1. The average Bonchev–Trinajstić information content (AvgIpc) is 2.64. The van der Waals surface area contributed by atoms with E-state index >= 15 is 0 Å². The number of rotatable bonds is 5. The number of halogens is 1. The second kappa shape index (κ2) is 7.64. The smallest absolute Gasteiger partial charge is 0.165 e. The first kappa shape index (κ1) is 16.7. The van der Waals surface area contributed by atoms with Crippen LogP contribution in [0.4, 0.5) is 4.39 Å². The average molecular weight is 330 g/mol. The van der Waals surface area contributed by atoms with Gasteiger partial charge in [-0.15, -0.1) is 0 Å². The van der Waals surface area contributed by atoms with Gasteiger partial charge in [-0.3, -0.25) is 4.90 Å². The molecule has 4 nitrogen and oxygen atoms in total. The summed E-state index contributed by atoms with van der Waals surface area (Å²) in [5.74, 6) is 1.11. The van der Waals surface area contributed by atoms with Crippen LogP contribution < -0.4 is 14.8 Å². The lowest BCUT2D eigenvalue weighted by Crippen LogP contribution is -2.45. The summed E-state index contributed by atoms with van der Waals surface area (Å²) >= 11 is 0. The Balaban J connectivity index is 2.13. The van der Waals surface area contributed by atoms with Crippen LogP contribution in [-0.2, 0) is 0 Å². The van der Waals surface area contributed by atoms with Crippen molar-refractivity contribution >= 4 is 0 Å². The molecule has 0 saturated carbocycles. The maximum Gasteiger partial charge on any atom is 0.165 e. The molecule has 0 amide bonds. The normalized spacial score (nSPS) is 16.6. The number of benzene rings is 2. The summed E-state index contributed by atoms with van der Waals surface area (Å²) in [6, 6.07) is 12.5. The van der Waals surface area contributed by atoms with Crippen molar-refractivity contribution in [1.82, 2.24) is 10.2 Å². The molecule has 0 radical (unpaired) electrons. The van der Waals surface area contributed by atoms with Crippen molar-refractivity contribution in [2.75, 3.05) is 40.4 Å². The second-order valence-electron chi connectivity index (χ2n) is 5.79. The SMILES string of the molecule is COc1cccc(C(c2ccccc2F)N2CCNCC2)c1OC. The highest BCUT2D eigenvalue weighted by Gasteiger charge is 2.29. The quantitative estimate of drug-likeness (QED) is 0.914. The molecule has 0 aliphatic carbocycles. The van der Waals surface area contributed by atoms with Gasteiger partial charge in [0.15, 0.2) is 11.5 Å². The molecular formula is C19H23FN2O2. The van der Waals surface area contributed by atoms with Crippen molar-refractivity contribution in [3.63, 3.8) is 0 Å². The predicted octanol–water partition coefficient (Wildman–Crippen LogP) is 2.84. The molecule has 1 saturated heterocycles. The summed E-state index contributed by atoms with van der Waals surface area (Å²) < 4.78 is 25.6. The Morgan fingerprint density at radius 1 is 0.958 bits per heavy atom. The van der Waals surface area contributed by atoms with Crippen LogP contribution in [0, 0.1) is 5.82 Å². The molecule has 5 heteroatoms. The number of ether oxygens (including phenoxy) is 2. The van der Waals surface area contributed by atoms with Crippen LogP contribution in [0.1, 0.15) is 17.2 Å². The van der Waals surface area contributed by atoms with Crippen LogP contribution in [-0.4, -0.2) is 45.3 Å². The number of nitrogens with zero attached hydrogens (tertiary/aromatic N) is 1. The Hall–Kier alpha value is -2.11. The minimum absolute atomic E-state index is 0.203. The monoisotopic (exact) mass is 330 g/mol. The molecule has 2 aromatic rings. The lowest BCUT2D eigenvalue weighted by molar-refractivity contribution is 0.191. The molecule has 24 heavy (non-hydrogen) atoms. The van der Waals surface area contributed by atoms with E-state index < -0.39 is 0 Å². The van der Waals surface area contributed by atoms with E-state index in [4.69, 9.17) is 9.47 Å². The number of piperazine rings is 1. The van der Waals surface area contributed by atoms with Crippen molar-refractivity contribution in [2.45, 2.75) is 6.04 Å². The Morgan fingerprint density at radius 3 is 2.33 bits per heavy atom. The van der Waals surface area contributed by atoms with Gasteiger partial charge in [-0.2, -0.15) is 0 Å². The Bertz CT molecular complexity index is 687. The van der Waals surface area contributed by atoms with Crippen LogP contribution in [0.15, 0.2) is 42.5 Å². The summed E-state index contributed by atoms with van der Waals surface area (Å²) in [5.41, 5.74) is 1.58. The van der Waals surface area contributed by atoms with Crippen molar-refractivity contribution in [2.24, 2.45) is 0 Å². The highest BCUT2D eigenvalue weighted by atomic mass is 19.1. The van der Waals surface area contributed by atoms with E-state index in [1.807, 2.05) is 30.3 Å². The molecular weight excluding hydrogens is 307 g/mol. The van der Waals surface area contributed by atoms with E-state index in [1.165, 1.54) is 6.07 Å². The third kappa shape index (κ3) is 3.23. The second-order valence-corrected chi connectivity index (χ2v) is 5.79. The molecule has 1 unspecified atom stereocenters. The highest BCUT2D eigenvalue weighted by Crippen LogP contribution is 2.40. The number of methoxy groups -OCH3 is 2.